The summed E-state index contributed by atoms with van der Waals surface area (Å²) in [7, 11) is 1.60. The second-order valence-corrected chi connectivity index (χ2v) is 9.22. The van der Waals surface area contributed by atoms with Gasteiger partial charge in [-0.3, -0.25) is 4.79 Å². The third-order valence-corrected chi connectivity index (χ3v) is 6.60. The maximum Gasteiger partial charge on any atom is 0.213 e. The maximum atomic E-state index is 13.3. The molecule has 3 aromatic rings. The van der Waals surface area contributed by atoms with Crippen molar-refractivity contribution in [3.63, 3.8) is 0 Å². The zero-order valence-corrected chi connectivity index (χ0v) is 20.3. The number of aliphatic hydroxyl groups excluding tert-OH is 2. The first-order valence-electron chi connectivity index (χ1n) is 11.2. The second-order valence-electron chi connectivity index (χ2n) is 8.44. The van der Waals surface area contributed by atoms with E-state index in [1.807, 2.05) is 73.8 Å². The van der Waals surface area contributed by atoms with Crippen LogP contribution >= 0.6 is 11.3 Å². The fraction of sp³-hybridized carbons (Fsp3) is 0.296. The Hall–Kier alpha value is -3.13. The number of allylic oxidation sites excluding steroid dienone is 1. The smallest absolute Gasteiger partial charge is 0.213 e. The Bertz CT molecular complexity index is 1150. The van der Waals surface area contributed by atoms with Gasteiger partial charge in [0.15, 0.2) is 6.23 Å². The van der Waals surface area contributed by atoms with Crippen LogP contribution in [-0.4, -0.2) is 42.5 Å². The van der Waals surface area contributed by atoms with Crippen molar-refractivity contribution in [1.29, 1.82) is 0 Å². The van der Waals surface area contributed by atoms with Crippen LogP contribution in [0, 0.1) is 5.92 Å². The number of hydrogen-bond donors (Lipinski definition) is 2. The number of benzene rings is 2. The molecule has 1 unspecified atom stereocenters. The minimum atomic E-state index is -1.43. The first-order chi connectivity index (χ1) is 16.4. The molecule has 1 aliphatic heterocycles. The Balaban J connectivity index is 1.82. The summed E-state index contributed by atoms with van der Waals surface area (Å²) >= 11 is 1.63. The average Bonchev–Trinajstić information content (AvgIpc) is 3.47. The van der Waals surface area contributed by atoms with Gasteiger partial charge in [-0.15, -0.1) is 0 Å². The maximum absolute atomic E-state index is 13.3. The van der Waals surface area contributed by atoms with Crippen LogP contribution in [0.4, 0.5) is 5.69 Å². The van der Waals surface area contributed by atoms with Gasteiger partial charge in [-0.2, -0.15) is 11.3 Å². The summed E-state index contributed by atoms with van der Waals surface area (Å²) in [6.45, 7) is 4.38. The van der Waals surface area contributed by atoms with Crippen molar-refractivity contribution in [1.82, 2.24) is 0 Å². The predicted octanol–water partition coefficient (Wildman–Crippen LogP) is 5.36. The van der Waals surface area contributed by atoms with Crippen LogP contribution in [0.2, 0.25) is 0 Å². The number of methoxy groups -OCH3 is 1. The molecule has 178 valence electrons. The fourth-order valence-electron chi connectivity index (χ4n) is 4.18. The van der Waals surface area contributed by atoms with Gasteiger partial charge in [0.25, 0.3) is 0 Å². The summed E-state index contributed by atoms with van der Waals surface area (Å²) in [4.78, 5) is 14.9. The number of ether oxygens (including phenoxy) is 2. The summed E-state index contributed by atoms with van der Waals surface area (Å²) in [6, 6.07) is 16.4. The summed E-state index contributed by atoms with van der Waals surface area (Å²) in [5.41, 5.74) is 3.70. The van der Waals surface area contributed by atoms with Crippen LogP contribution in [0.1, 0.15) is 25.5 Å². The standard InChI is InChI=1S/C27H29NO5S/c1-17(2)25(29)23-24(21-6-4-5-7-22(21)33-14-13-32-3)28(27(31)26(23)30)20-10-8-18(9-11-20)19-12-15-34-16-19/h4-12,15-17,24,27,29,31H,13-14H2,1-3H3/t24-,27?/m1/s1. The van der Waals surface area contributed by atoms with Gasteiger partial charge in [-0.1, -0.05) is 44.2 Å². The van der Waals surface area contributed by atoms with Crippen LogP contribution in [0.15, 0.2) is 76.7 Å². The van der Waals surface area contributed by atoms with Gasteiger partial charge in [0.2, 0.25) is 5.78 Å². The van der Waals surface area contributed by atoms with Crippen LogP contribution in [0.25, 0.3) is 11.1 Å². The molecule has 1 aromatic heterocycles. The Morgan fingerprint density at radius 2 is 1.79 bits per heavy atom. The van der Waals surface area contributed by atoms with Gasteiger partial charge in [0, 0.05) is 24.3 Å². The normalized spacial score (nSPS) is 19.7. The molecule has 4 rings (SSSR count). The minimum Gasteiger partial charge on any atom is -0.512 e. The Morgan fingerprint density at radius 1 is 1.06 bits per heavy atom. The van der Waals surface area contributed by atoms with Crippen molar-refractivity contribution >= 4 is 22.8 Å². The molecule has 1 fully saturated rings. The fourth-order valence-corrected chi connectivity index (χ4v) is 4.85. The number of rotatable bonds is 8. The molecule has 2 N–H and O–H groups in total. The van der Waals surface area contributed by atoms with Crippen molar-refractivity contribution in [3.05, 3.63) is 82.3 Å². The van der Waals surface area contributed by atoms with Crippen molar-refractivity contribution in [2.24, 2.45) is 5.92 Å². The zero-order chi connectivity index (χ0) is 24.2. The zero-order valence-electron chi connectivity index (χ0n) is 19.5. The second kappa shape index (κ2) is 10.4. The van der Waals surface area contributed by atoms with E-state index >= 15 is 0 Å². The van der Waals surface area contributed by atoms with E-state index in [1.165, 1.54) is 0 Å². The molecule has 0 bridgehead atoms. The monoisotopic (exact) mass is 479 g/mol. The highest BCUT2D eigenvalue weighted by molar-refractivity contribution is 7.08. The van der Waals surface area contributed by atoms with E-state index in [-0.39, 0.29) is 17.3 Å². The van der Waals surface area contributed by atoms with E-state index in [1.54, 1.807) is 23.3 Å². The molecule has 1 aliphatic rings. The molecule has 7 heteroatoms. The quantitative estimate of drug-likeness (QED) is 0.257. The average molecular weight is 480 g/mol. The van der Waals surface area contributed by atoms with Gasteiger partial charge in [0.1, 0.15) is 18.1 Å². The number of aliphatic hydroxyl groups is 2. The topological polar surface area (TPSA) is 79.2 Å². The highest BCUT2D eigenvalue weighted by atomic mass is 32.1. The van der Waals surface area contributed by atoms with Gasteiger partial charge in [-0.05, 0) is 46.2 Å². The molecule has 2 heterocycles. The molecule has 34 heavy (non-hydrogen) atoms. The van der Waals surface area contributed by atoms with Crippen molar-refractivity contribution in [3.8, 4) is 16.9 Å². The third-order valence-electron chi connectivity index (χ3n) is 5.92. The lowest BCUT2D eigenvalue weighted by Crippen LogP contribution is -2.34. The van der Waals surface area contributed by atoms with Crippen LogP contribution in [0.5, 0.6) is 5.75 Å². The first-order valence-corrected chi connectivity index (χ1v) is 12.1. The van der Waals surface area contributed by atoms with E-state index in [0.717, 1.165) is 11.1 Å². The molecule has 0 aliphatic carbocycles. The first kappa shape index (κ1) is 24.0. The molecule has 0 amide bonds. The molecule has 0 saturated carbocycles. The van der Waals surface area contributed by atoms with Crippen molar-refractivity contribution in [2.75, 3.05) is 25.2 Å². The Kier molecular flexibility index (Phi) is 7.36. The molecular weight excluding hydrogens is 450 g/mol. The number of anilines is 1. The summed E-state index contributed by atoms with van der Waals surface area (Å²) in [6.07, 6.45) is -1.43. The van der Waals surface area contributed by atoms with E-state index in [9.17, 15) is 15.0 Å². The lowest BCUT2D eigenvalue weighted by molar-refractivity contribution is -0.121. The van der Waals surface area contributed by atoms with Crippen LogP contribution in [0.3, 0.4) is 0 Å². The van der Waals surface area contributed by atoms with Crippen molar-refractivity contribution < 1.29 is 24.5 Å². The number of para-hydroxylation sites is 1. The largest absolute Gasteiger partial charge is 0.512 e. The number of Topliss-reactive ketones (excluding diaryl/α,β-unsaturated/α-hetero) is 1. The van der Waals surface area contributed by atoms with E-state index in [0.29, 0.717) is 30.2 Å². The summed E-state index contributed by atoms with van der Waals surface area (Å²) in [5.74, 6) is -0.250. The van der Waals surface area contributed by atoms with Crippen LogP contribution in [-0.2, 0) is 9.53 Å². The molecule has 0 radical (unpaired) electrons. The summed E-state index contributed by atoms with van der Waals surface area (Å²) in [5, 5.41) is 26.1. The SMILES string of the molecule is COCCOc1ccccc1[C@@H]1C(=C(O)C(C)C)C(=O)C(O)N1c1ccc(-c2ccsc2)cc1. The van der Waals surface area contributed by atoms with E-state index in [2.05, 4.69) is 5.38 Å². The van der Waals surface area contributed by atoms with Gasteiger partial charge < -0.3 is 24.6 Å². The number of carbonyl (C=O) groups is 1. The van der Waals surface area contributed by atoms with Crippen molar-refractivity contribution in [2.45, 2.75) is 26.1 Å². The molecule has 6 nitrogen and oxygen atoms in total. The minimum absolute atomic E-state index is 0.0295. The number of thiophene rings is 1. The number of nitrogens with zero attached hydrogens (tertiary/aromatic N) is 1. The highest BCUT2D eigenvalue weighted by Gasteiger charge is 2.47. The van der Waals surface area contributed by atoms with E-state index in [4.69, 9.17) is 9.47 Å². The number of hydrogen-bond acceptors (Lipinski definition) is 7. The summed E-state index contributed by atoms with van der Waals surface area (Å²) < 4.78 is 11.1. The lowest BCUT2D eigenvalue weighted by atomic mass is 9.93. The predicted molar refractivity (Wildman–Crippen MR) is 134 cm³/mol. The Morgan fingerprint density at radius 3 is 2.44 bits per heavy atom. The third kappa shape index (κ3) is 4.59. The van der Waals surface area contributed by atoms with Gasteiger partial charge >= 0.3 is 0 Å². The lowest BCUT2D eigenvalue weighted by Gasteiger charge is -2.30. The van der Waals surface area contributed by atoms with E-state index < -0.39 is 18.1 Å². The number of carbonyl (C=O) groups excluding carboxylic acids is 1. The van der Waals surface area contributed by atoms with Gasteiger partial charge in [-0.25, -0.2) is 0 Å². The van der Waals surface area contributed by atoms with Gasteiger partial charge in [0.05, 0.1) is 18.2 Å². The number of ketones is 1. The highest BCUT2D eigenvalue weighted by Crippen LogP contribution is 2.46. The molecule has 2 atom stereocenters. The Labute approximate surface area is 203 Å². The van der Waals surface area contributed by atoms with Crippen LogP contribution < -0.4 is 9.64 Å². The molecule has 0 spiro atoms. The molecule has 1 saturated heterocycles. The molecule has 2 aromatic carbocycles. The molecular formula is C27H29NO5S.